The number of carbonyl (C=O) groups is 4. The molecule has 0 heterocycles. The monoisotopic (exact) mass is 1290 g/mol. The summed E-state index contributed by atoms with van der Waals surface area (Å²) < 4.78 is 21.9. The Balaban J connectivity index is 0.979. The van der Waals surface area contributed by atoms with Crippen LogP contribution in [0.3, 0.4) is 0 Å². The van der Waals surface area contributed by atoms with Gasteiger partial charge >= 0.3 is 24.1 Å². The average molecular weight is 1290 g/mol. The third kappa shape index (κ3) is 40.2. The van der Waals surface area contributed by atoms with E-state index in [2.05, 4.69) is 40.5 Å². The van der Waals surface area contributed by atoms with Crippen LogP contribution in [0.5, 0.6) is 0 Å². The highest BCUT2D eigenvalue weighted by Gasteiger charge is 2.19. The van der Waals surface area contributed by atoms with Crippen LogP contribution in [-0.2, 0) is 41.4 Å². The number of rotatable bonds is 54. The Hall–Kier alpha value is -5.56. The highest BCUT2D eigenvalue weighted by atomic mass is 32.2. The number of esters is 2. The topological polar surface area (TPSA) is 154 Å². The number of amides is 2. The first kappa shape index (κ1) is 77.9. The molecular formula is C77H116N4O8S2. The van der Waals surface area contributed by atoms with Crippen molar-refractivity contribution in [2.45, 2.75) is 258 Å². The molecule has 4 aromatic rings. The molecule has 0 aliphatic carbocycles. The van der Waals surface area contributed by atoms with Gasteiger partial charge in [0.15, 0.2) is 0 Å². The first-order valence-electron chi connectivity index (χ1n) is 35.6. The van der Waals surface area contributed by atoms with E-state index in [0.717, 1.165) is 65.7 Å². The summed E-state index contributed by atoms with van der Waals surface area (Å²) in [4.78, 5) is 59.0. The van der Waals surface area contributed by atoms with Crippen LogP contribution < -0.4 is 10.6 Å². The fourth-order valence-corrected chi connectivity index (χ4v) is 12.5. The standard InChI is InChI=1S/C77H116N4O8S2/c1-5-8-10-12-14-16-18-20-22-24-26-28-30-32-34-36-54-86-74(82)64(4)62-90-58-56-88-76(84)80-71-50-42-67(43-51-71)60-65-38-46-69(47-39-65)78-63-79-70-48-40-66(41-49-70)61-68-44-52-72(53-45-68)81-77(85)89-57-59-91-73(7-3)75(83)87-55-37-35-33-31-29-27-25-23-21-19-17-15-13-11-9-6-2/h38-53,64,73H,5-37,54-62H2,1-4H3,(H,80,84)(H,81,85). The van der Waals surface area contributed by atoms with Crippen molar-refractivity contribution >= 4 is 76.4 Å². The van der Waals surface area contributed by atoms with Gasteiger partial charge in [0.1, 0.15) is 24.5 Å². The van der Waals surface area contributed by atoms with E-state index in [0.29, 0.717) is 54.7 Å². The lowest BCUT2D eigenvalue weighted by Gasteiger charge is -2.14. The molecule has 0 radical (unpaired) electrons. The third-order valence-corrected chi connectivity index (χ3v) is 19.0. The molecule has 0 spiro atoms. The molecule has 0 aliphatic heterocycles. The number of thioether (sulfide) groups is 2. The molecule has 4 rings (SSSR count). The number of hydrogen-bond donors (Lipinski definition) is 2. The molecule has 2 atom stereocenters. The van der Waals surface area contributed by atoms with Gasteiger partial charge in [-0.25, -0.2) is 9.59 Å². The van der Waals surface area contributed by atoms with Crippen molar-refractivity contribution in [1.82, 2.24) is 0 Å². The molecule has 504 valence electrons. The van der Waals surface area contributed by atoms with Crippen LogP contribution in [-0.4, -0.2) is 79.1 Å². The van der Waals surface area contributed by atoms with Crippen LogP contribution in [0, 0.1) is 5.92 Å². The van der Waals surface area contributed by atoms with Gasteiger partial charge < -0.3 is 18.9 Å². The molecule has 0 saturated carbocycles. The summed E-state index contributed by atoms with van der Waals surface area (Å²) in [5, 5.41) is 5.33. The van der Waals surface area contributed by atoms with Gasteiger partial charge in [-0.1, -0.05) is 269 Å². The number of nitrogens with zero attached hydrogens (tertiary/aromatic N) is 2. The van der Waals surface area contributed by atoms with Crippen LogP contribution in [0.1, 0.15) is 262 Å². The minimum absolute atomic E-state index is 0.154. The fourth-order valence-electron chi connectivity index (χ4n) is 10.8. The quantitative estimate of drug-likeness (QED) is 0.0189. The smallest absolute Gasteiger partial charge is 0.411 e. The van der Waals surface area contributed by atoms with Crippen LogP contribution in [0.2, 0.25) is 0 Å². The van der Waals surface area contributed by atoms with E-state index in [1.807, 2.05) is 111 Å². The Bertz CT molecular complexity index is 2560. The van der Waals surface area contributed by atoms with E-state index in [1.54, 1.807) is 11.8 Å². The second-order valence-corrected chi connectivity index (χ2v) is 27.1. The number of unbranched alkanes of at least 4 members (excludes halogenated alkanes) is 30. The number of carbonyl (C=O) groups excluding carboxylic acids is 4. The summed E-state index contributed by atoms with van der Waals surface area (Å²) in [5.41, 5.74) is 7.21. The van der Waals surface area contributed by atoms with Gasteiger partial charge in [0, 0.05) is 28.6 Å². The molecule has 4 aromatic carbocycles. The summed E-state index contributed by atoms with van der Waals surface area (Å²) in [6.45, 7) is 9.83. The Kier molecular flexibility index (Phi) is 45.3. The Morgan fingerprint density at radius 3 is 1.07 bits per heavy atom. The van der Waals surface area contributed by atoms with Crippen LogP contribution in [0.25, 0.3) is 0 Å². The first-order chi connectivity index (χ1) is 44.6. The van der Waals surface area contributed by atoms with Crippen LogP contribution in [0.4, 0.5) is 32.3 Å². The van der Waals surface area contributed by atoms with Crippen molar-refractivity contribution in [3.63, 3.8) is 0 Å². The van der Waals surface area contributed by atoms with E-state index < -0.39 is 12.2 Å². The molecule has 2 unspecified atom stereocenters. The molecule has 0 bridgehead atoms. The summed E-state index contributed by atoms with van der Waals surface area (Å²) >= 11 is 3.05. The number of anilines is 2. The zero-order chi connectivity index (χ0) is 64.9. The maximum atomic E-state index is 12.7. The maximum Gasteiger partial charge on any atom is 0.411 e. The molecule has 0 aliphatic rings. The van der Waals surface area contributed by atoms with Crippen molar-refractivity contribution in [3.05, 3.63) is 119 Å². The van der Waals surface area contributed by atoms with E-state index in [9.17, 15) is 19.2 Å². The summed E-state index contributed by atoms with van der Waals surface area (Å²) in [6, 6.07) is 34.1. The Morgan fingerprint density at radius 2 is 0.714 bits per heavy atom. The average Bonchev–Trinajstić information content (AvgIpc) is 3.73. The van der Waals surface area contributed by atoms with Crippen molar-refractivity contribution in [2.75, 3.05) is 54.3 Å². The Labute approximate surface area is 558 Å². The fraction of sp³-hybridized carbons (Fsp3) is 0.623. The van der Waals surface area contributed by atoms with E-state index >= 15 is 0 Å². The predicted molar refractivity (Wildman–Crippen MR) is 385 cm³/mol. The molecule has 91 heavy (non-hydrogen) atoms. The van der Waals surface area contributed by atoms with E-state index in [-0.39, 0.29) is 36.3 Å². The second kappa shape index (κ2) is 52.9. The van der Waals surface area contributed by atoms with Gasteiger partial charge in [-0.3, -0.25) is 20.2 Å². The number of benzene rings is 4. The molecule has 0 aromatic heterocycles. The van der Waals surface area contributed by atoms with Crippen LogP contribution in [0.15, 0.2) is 107 Å². The number of nitrogens with one attached hydrogen (secondary N) is 2. The maximum absolute atomic E-state index is 12.7. The van der Waals surface area contributed by atoms with Gasteiger partial charge in [0.2, 0.25) is 0 Å². The van der Waals surface area contributed by atoms with E-state index in [4.69, 9.17) is 18.9 Å². The molecule has 2 amide bonds. The van der Waals surface area contributed by atoms with E-state index in [1.165, 1.54) is 192 Å². The van der Waals surface area contributed by atoms with Crippen molar-refractivity contribution in [2.24, 2.45) is 15.9 Å². The number of aliphatic imine (C=N–C) groups is 2. The van der Waals surface area contributed by atoms with Gasteiger partial charge in [-0.15, -0.1) is 11.8 Å². The summed E-state index contributed by atoms with van der Waals surface area (Å²) in [6.07, 6.45) is 43.1. The summed E-state index contributed by atoms with van der Waals surface area (Å²) in [5.74, 6) is 1.20. The zero-order valence-corrected chi connectivity index (χ0v) is 58.2. The highest BCUT2D eigenvalue weighted by molar-refractivity contribution is 8.00. The second-order valence-electron chi connectivity index (χ2n) is 24.6. The number of ether oxygens (including phenoxy) is 4. The van der Waals surface area contributed by atoms with Gasteiger partial charge in [-0.05, 0) is 103 Å². The lowest BCUT2D eigenvalue weighted by atomic mass is 10.0. The number of hydrogen-bond acceptors (Lipinski definition) is 12. The molecule has 12 nitrogen and oxygen atoms in total. The first-order valence-corrected chi connectivity index (χ1v) is 37.8. The normalized spacial score (nSPS) is 11.7. The predicted octanol–water partition coefficient (Wildman–Crippen LogP) is 22.6. The highest BCUT2D eigenvalue weighted by Crippen LogP contribution is 2.23. The molecule has 2 N–H and O–H groups in total. The van der Waals surface area contributed by atoms with Gasteiger partial charge in [0.25, 0.3) is 0 Å². The third-order valence-electron chi connectivity index (χ3n) is 16.4. The summed E-state index contributed by atoms with van der Waals surface area (Å²) in [7, 11) is 0. The lowest BCUT2D eigenvalue weighted by molar-refractivity contribution is -0.147. The van der Waals surface area contributed by atoms with Gasteiger partial charge in [-0.2, -0.15) is 21.7 Å². The molecule has 14 heteroatoms. The molecular weight excluding hydrogens is 1170 g/mol. The minimum atomic E-state index is -0.528. The van der Waals surface area contributed by atoms with Crippen molar-refractivity contribution in [3.8, 4) is 0 Å². The van der Waals surface area contributed by atoms with Crippen molar-refractivity contribution < 1.29 is 38.1 Å². The lowest BCUT2D eigenvalue weighted by Crippen LogP contribution is -2.22. The van der Waals surface area contributed by atoms with Crippen LogP contribution >= 0.6 is 23.5 Å². The van der Waals surface area contributed by atoms with Crippen molar-refractivity contribution in [1.29, 1.82) is 0 Å². The SMILES string of the molecule is CCCCCCCCCCCCCCCCCCOC(=O)C(C)CSCCOC(=O)Nc1ccc(Cc2ccc(N=C=Nc3ccc(Cc4ccc(NC(=O)OCCSC(CC)C(=O)OCCCCCCCCCCCCCCCCCC)cc4)cc3)cc2)cc1. The minimum Gasteiger partial charge on any atom is -0.465 e. The molecule has 0 saturated heterocycles. The Morgan fingerprint density at radius 1 is 0.396 bits per heavy atom. The molecule has 0 fully saturated rings. The zero-order valence-electron chi connectivity index (χ0n) is 56.6. The van der Waals surface area contributed by atoms with Gasteiger partial charge in [0.05, 0.1) is 30.5 Å². The largest absolute Gasteiger partial charge is 0.465 e.